The molecule has 6 heterocycles. The van der Waals surface area contributed by atoms with Gasteiger partial charge in [0.1, 0.15) is 28.8 Å². The second kappa shape index (κ2) is 18.1. The van der Waals surface area contributed by atoms with Crippen molar-refractivity contribution in [2.45, 2.75) is 108 Å². The molecule has 1 unspecified atom stereocenters. The number of benzene rings is 3. The molecule has 17 heteroatoms. The number of carbonyl (C=O) groups excluding carboxylic acids is 3. The van der Waals surface area contributed by atoms with E-state index < -0.39 is 23.3 Å². The minimum Gasteiger partial charge on any atom is -0.508 e. The molecule has 7 aliphatic rings. The molecule has 3 amide bonds. The molecule has 12 rings (SSSR count). The number of hydrogen-bond donors (Lipinski definition) is 3. The van der Waals surface area contributed by atoms with Crippen LogP contribution in [-0.4, -0.2) is 128 Å². The van der Waals surface area contributed by atoms with Gasteiger partial charge in [-0.3, -0.25) is 29.6 Å². The van der Waals surface area contributed by atoms with Gasteiger partial charge in [-0.1, -0.05) is 17.7 Å². The van der Waals surface area contributed by atoms with E-state index in [1.807, 2.05) is 19.1 Å². The topological polar surface area (TPSA) is 165 Å². The second-order valence-corrected chi connectivity index (χ2v) is 23.1. The molecule has 72 heavy (non-hydrogen) atoms. The Hall–Kier alpha value is -5.55. The van der Waals surface area contributed by atoms with E-state index in [-0.39, 0.29) is 74.4 Å². The number of aromatic nitrogens is 3. The summed E-state index contributed by atoms with van der Waals surface area (Å²) in [6, 6.07) is 11.0. The summed E-state index contributed by atoms with van der Waals surface area (Å²) in [5, 5.41) is 25.0. The molecule has 3 saturated heterocycles. The van der Waals surface area contributed by atoms with E-state index >= 15 is 4.39 Å². The number of nitrogens with one attached hydrogen (secondary N) is 1. The summed E-state index contributed by atoms with van der Waals surface area (Å²) in [5.41, 5.74) is 2.77. The number of carbonyl (C=O) groups is 3. The number of pyridine rings is 1. The number of aromatic hydroxyl groups is 1. The Labute approximate surface area is 422 Å². The predicted octanol–water partition coefficient (Wildman–Crippen LogP) is 8.13. The highest BCUT2D eigenvalue weighted by Gasteiger charge is 2.50. The Morgan fingerprint density at radius 3 is 2.43 bits per heavy atom. The van der Waals surface area contributed by atoms with Crippen molar-refractivity contribution in [3.63, 3.8) is 0 Å². The number of piperazine rings is 1. The fourth-order valence-corrected chi connectivity index (χ4v) is 13.6. The number of nitrogens with zero attached hydrogens (tertiary/aromatic N) is 7. The third-order valence-corrected chi connectivity index (χ3v) is 17.8. The fraction of sp³-hybridized carbons (Fsp3) is 0.527. The number of phenolic OH excluding ortho intramolecular Hbond substituents is 1. The van der Waals surface area contributed by atoms with Gasteiger partial charge < -0.3 is 29.6 Å². The molecule has 3 saturated carbocycles. The molecule has 3 atom stereocenters. The maximum atomic E-state index is 17.0. The number of ether oxygens (including phenoxy) is 1. The van der Waals surface area contributed by atoms with Gasteiger partial charge >= 0.3 is 6.01 Å². The van der Waals surface area contributed by atoms with Crippen molar-refractivity contribution in [3.8, 4) is 23.0 Å². The summed E-state index contributed by atoms with van der Waals surface area (Å²) in [4.78, 5) is 60.8. The molecule has 378 valence electrons. The summed E-state index contributed by atoms with van der Waals surface area (Å²) in [6.45, 7) is 10.6. The van der Waals surface area contributed by atoms with Gasteiger partial charge in [-0.2, -0.15) is 9.97 Å². The minimum atomic E-state index is -0.901. The molecule has 0 bridgehead atoms. The Kier molecular flexibility index (Phi) is 12.0. The number of phenols is 1. The van der Waals surface area contributed by atoms with Gasteiger partial charge in [-0.05, 0) is 149 Å². The number of likely N-dealkylation sites (tertiary alicyclic amines) is 1. The third kappa shape index (κ3) is 8.93. The molecule has 3 N–H and O–H groups in total. The van der Waals surface area contributed by atoms with Gasteiger partial charge in [0.05, 0.1) is 22.9 Å². The molecule has 1 spiro atoms. The number of hydrogen-bond acceptors (Lipinski definition) is 12. The molecule has 5 aromatic rings. The number of anilines is 1. The van der Waals surface area contributed by atoms with Gasteiger partial charge in [-0.25, -0.2) is 8.78 Å². The molecule has 0 radical (unpaired) electrons. The fourth-order valence-electron chi connectivity index (χ4n) is 13.3. The van der Waals surface area contributed by atoms with Crippen LogP contribution in [-0.2, 0) is 16.1 Å². The van der Waals surface area contributed by atoms with Crippen LogP contribution in [0.5, 0.6) is 11.8 Å². The summed E-state index contributed by atoms with van der Waals surface area (Å²) in [7, 11) is 0. The number of fused-ring (bicyclic) bond motifs is 3. The minimum absolute atomic E-state index is 0.0129. The Morgan fingerprint density at radius 1 is 0.889 bits per heavy atom. The van der Waals surface area contributed by atoms with Crippen LogP contribution in [0.4, 0.5) is 14.5 Å². The highest BCUT2D eigenvalue weighted by molar-refractivity contribution is 6.37. The van der Waals surface area contributed by atoms with E-state index in [9.17, 15) is 29.0 Å². The molecule has 4 aliphatic heterocycles. The SMILES string of the molecule is C[C@@]1(O)CCCC(c2nc(OCC3(CN4CCC5(CC4)CC(CN4CCN(c6ccc7c(c6)CN([C@H]6CCC(=O)NC6=O)C7=O)CC4)C5)CC3)nc3c(F)c(-c4cc(O)cc5ccc(F)c(Cl)c45)ncc23)C1. The van der Waals surface area contributed by atoms with Gasteiger partial charge in [0.2, 0.25) is 11.8 Å². The zero-order valence-electron chi connectivity index (χ0n) is 40.7. The Morgan fingerprint density at radius 2 is 1.68 bits per heavy atom. The van der Waals surface area contributed by atoms with Crippen molar-refractivity contribution in [1.29, 1.82) is 0 Å². The first kappa shape index (κ1) is 47.5. The average molecular weight is 1000 g/mol. The van der Waals surface area contributed by atoms with Gasteiger partial charge in [0, 0.05) is 97.4 Å². The lowest BCUT2D eigenvalue weighted by Crippen LogP contribution is -2.53. The summed E-state index contributed by atoms with van der Waals surface area (Å²) in [6.07, 6.45) is 11.8. The van der Waals surface area contributed by atoms with Crippen LogP contribution in [0, 0.1) is 28.4 Å². The zero-order valence-corrected chi connectivity index (χ0v) is 41.5. The van der Waals surface area contributed by atoms with Crippen molar-refractivity contribution in [3.05, 3.63) is 82.1 Å². The standard InChI is InChI=1S/C55H61ClF2N8O6/c1-53(71)10-2-3-34(26-53)47-40-27-59-48(39-23-37(67)22-33-4-7-41(57)45(56)44(33)39)46(58)49(40)62-52(61-47)72-31-55(11-12-55)30-64-15-13-54(14-16-64)24-32(25-54)28-63-17-19-65(20-18-63)36-5-6-38-35(21-36)29-66(51(38)70)42-8-9-43(68)60-50(42)69/h4-7,21-23,27,32,34,42,67,71H,2-3,8-20,24-26,28-31H2,1H3,(H,60,68,69)/t34?,42-,53+/m0/s1. The van der Waals surface area contributed by atoms with Crippen LogP contribution in [0.3, 0.4) is 0 Å². The van der Waals surface area contributed by atoms with Crippen LogP contribution in [0.25, 0.3) is 32.9 Å². The van der Waals surface area contributed by atoms with E-state index in [1.54, 1.807) is 4.90 Å². The second-order valence-electron chi connectivity index (χ2n) is 22.7. The number of amides is 3. The molecular weight excluding hydrogens is 942 g/mol. The molecule has 2 aromatic heterocycles. The molecule has 14 nitrogen and oxygen atoms in total. The first-order valence-corrected chi connectivity index (χ1v) is 26.3. The van der Waals surface area contributed by atoms with Crippen molar-refractivity contribution in [1.82, 2.24) is 35.0 Å². The van der Waals surface area contributed by atoms with Crippen LogP contribution in [0.15, 0.2) is 48.7 Å². The number of halogens is 3. The maximum absolute atomic E-state index is 17.0. The van der Waals surface area contributed by atoms with Crippen LogP contribution < -0.4 is 15.0 Å². The highest BCUT2D eigenvalue weighted by atomic mass is 35.5. The van der Waals surface area contributed by atoms with E-state index in [0.29, 0.717) is 65.8 Å². The molecule has 3 aromatic carbocycles. The number of imide groups is 1. The molecule has 6 fully saturated rings. The summed E-state index contributed by atoms with van der Waals surface area (Å²) in [5.74, 6) is -1.85. The van der Waals surface area contributed by atoms with Crippen molar-refractivity contribution in [2.75, 3.05) is 63.9 Å². The Bertz CT molecular complexity index is 3020. The van der Waals surface area contributed by atoms with Crippen molar-refractivity contribution in [2.24, 2.45) is 16.7 Å². The average Bonchev–Trinajstić information content (AvgIpc) is 4.04. The molecular formula is C55H61ClF2N8O6. The van der Waals surface area contributed by atoms with Crippen molar-refractivity contribution < 1.29 is 38.1 Å². The van der Waals surface area contributed by atoms with Gasteiger partial charge in [-0.15, -0.1) is 0 Å². The predicted molar refractivity (Wildman–Crippen MR) is 268 cm³/mol. The van der Waals surface area contributed by atoms with E-state index in [2.05, 4.69) is 36.1 Å². The van der Waals surface area contributed by atoms with E-state index in [4.69, 9.17) is 21.3 Å². The zero-order chi connectivity index (χ0) is 49.7. The maximum Gasteiger partial charge on any atom is 0.317 e. The smallest absolute Gasteiger partial charge is 0.317 e. The van der Waals surface area contributed by atoms with Crippen molar-refractivity contribution >= 4 is 56.7 Å². The first-order chi connectivity index (χ1) is 34.6. The highest BCUT2D eigenvalue weighted by Crippen LogP contribution is 2.54. The number of piperidine rings is 2. The summed E-state index contributed by atoms with van der Waals surface area (Å²) >= 11 is 6.46. The Balaban J connectivity index is 0.656. The quantitative estimate of drug-likeness (QED) is 0.109. The normalized spacial score (nSPS) is 25.5. The van der Waals surface area contributed by atoms with E-state index in [1.165, 1.54) is 56.1 Å². The van der Waals surface area contributed by atoms with Gasteiger partial charge in [0.15, 0.2) is 5.82 Å². The third-order valence-electron chi connectivity index (χ3n) is 17.4. The van der Waals surface area contributed by atoms with Gasteiger partial charge in [0.25, 0.3) is 5.91 Å². The van der Waals surface area contributed by atoms with E-state index in [0.717, 1.165) is 89.3 Å². The lowest BCUT2D eigenvalue weighted by atomic mass is 9.57. The first-order valence-electron chi connectivity index (χ1n) is 25.9. The lowest BCUT2D eigenvalue weighted by Gasteiger charge is -2.54. The molecule has 3 aliphatic carbocycles. The summed E-state index contributed by atoms with van der Waals surface area (Å²) < 4.78 is 38.3. The number of aliphatic hydroxyl groups is 1. The lowest BCUT2D eigenvalue weighted by molar-refractivity contribution is -0.136. The number of rotatable bonds is 11. The largest absolute Gasteiger partial charge is 0.508 e. The van der Waals surface area contributed by atoms with Crippen LogP contribution in [0.2, 0.25) is 5.02 Å². The van der Waals surface area contributed by atoms with Crippen LogP contribution >= 0.6 is 11.6 Å². The van der Waals surface area contributed by atoms with Crippen LogP contribution in [0.1, 0.15) is 112 Å². The monoisotopic (exact) mass is 1000 g/mol.